The molecule has 2 atom stereocenters. The molecule has 0 fully saturated rings. The van der Waals surface area contributed by atoms with Crippen LogP contribution >= 0.6 is 28.7 Å². The summed E-state index contributed by atoms with van der Waals surface area (Å²) in [5.74, 6) is -1.89. The summed E-state index contributed by atoms with van der Waals surface area (Å²) in [4.78, 5) is 41.2. The number of furan rings is 2. The number of ether oxygens (including phenoxy) is 4. The van der Waals surface area contributed by atoms with Crippen molar-refractivity contribution in [2.75, 3.05) is 11.5 Å². The fourth-order valence-electron chi connectivity index (χ4n) is 6.03. The number of nitrogens with zero attached hydrogens (tertiary/aromatic N) is 5. The van der Waals surface area contributed by atoms with Crippen LogP contribution < -0.4 is 20.9 Å². The number of hydrogen-bond donors (Lipinski definition) is 3. The molecule has 6 heterocycles. The molecule has 2 aliphatic rings. The van der Waals surface area contributed by atoms with Crippen molar-refractivity contribution in [1.82, 2.24) is 19.9 Å². The minimum absolute atomic E-state index is 0.0558. The van der Waals surface area contributed by atoms with E-state index in [1.807, 2.05) is 0 Å². The van der Waals surface area contributed by atoms with Gasteiger partial charge in [0, 0.05) is 12.8 Å². The number of alkyl halides is 6. The number of thiol groups is 1. The van der Waals surface area contributed by atoms with E-state index in [0.29, 0.717) is 10.4 Å². The fraction of sp³-hybridized carbons (Fsp3) is 0.167. The maximum absolute atomic E-state index is 12.7. The molecule has 2 unspecified atom stereocenters. The number of fused-ring (bicyclic) bond motifs is 2. The summed E-state index contributed by atoms with van der Waals surface area (Å²) in [6, 6.07) is 17.6. The Morgan fingerprint density at radius 2 is 1.15 bits per heavy atom. The van der Waals surface area contributed by atoms with Gasteiger partial charge in [0.1, 0.15) is 57.6 Å². The quantitative estimate of drug-likeness (QED) is 0.0567. The average Bonchev–Trinajstić information content (AvgIpc) is 3.97. The predicted octanol–water partition coefficient (Wildman–Crippen LogP) is 8.29. The first-order chi connectivity index (χ1) is 28.4. The van der Waals surface area contributed by atoms with Crippen LogP contribution in [-0.2, 0) is 22.3 Å². The maximum atomic E-state index is 12.7. The van der Waals surface area contributed by atoms with Crippen molar-refractivity contribution in [3.63, 3.8) is 0 Å². The number of carbonyl (C=O) groups excluding carboxylic acids is 2. The third kappa shape index (κ3) is 10.2. The second-order valence-electron chi connectivity index (χ2n) is 12.1. The van der Waals surface area contributed by atoms with Gasteiger partial charge in [0.15, 0.2) is 16.2 Å². The second-order valence-corrected chi connectivity index (χ2v) is 13.1. The van der Waals surface area contributed by atoms with Crippen molar-refractivity contribution in [2.24, 2.45) is 4.30 Å². The first-order valence-electron chi connectivity index (χ1n) is 16.7. The second kappa shape index (κ2) is 17.8. The molecular formula is C36H24BBrF6N7O8S. The molecule has 2 aliphatic heterocycles. The molecule has 4 N–H and O–H groups in total. The normalized spacial score (nSPS) is 15.3. The molecule has 6 aromatic rings. The molecule has 1 radical (unpaired) electrons. The van der Waals surface area contributed by atoms with Crippen molar-refractivity contribution in [2.45, 2.75) is 37.8 Å². The van der Waals surface area contributed by atoms with Crippen LogP contribution in [0.4, 0.5) is 38.2 Å². The number of carbonyl (C=O) groups is 2. The summed E-state index contributed by atoms with van der Waals surface area (Å²) in [6.45, 7) is 0. The van der Waals surface area contributed by atoms with E-state index in [-0.39, 0.29) is 87.0 Å². The molecule has 0 bridgehead atoms. The molecule has 8 rings (SSSR count). The number of hydrogen-bond acceptors (Lipinski definition) is 16. The standard InChI is InChI=1S/C18H11BrF3N3O4.C18H12F3N3O4.BHNS/c19-12-6-5-10(27-12)14-13-15(25-17(23)24-14)11(28-16(13)26)7-8-3-1-2-4-9(8)29-18(20,21)22;19-18(20,21)28-10-5-2-1-4-9(10)8-12-15-13(16(25)27-12)14(23-17(22)24-15)11-6-3-7-26-11;1-2-3/h1-6,11H,7H2,(H2,23,24,25);1-7,12H,8H2,(H2,22,23,24);3H. The zero-order valence-corrected chi connectivity index (χ0v) is 32.4. The Morgan fingerprint density at radius 1 is 0.700 bits per heavy atom. The zero-order chi connectivity index (χ0) is 43.4. The van der Waals surface area contributed by atoms with Crippen molar-refractivity contribution >= 4 is 60.2 Å². The number of esters is 2. The number of cyclic esters (lactones) is 2. The molecule has 60 heavy (non-hydrogen) atoms. The van der Waals surface area contributed by atoms with E-state index in [4.69, 9.17) is 29.8 Å². The Labute approximate surface area is 348 Å². The molecule has 2 aromatic carbocycles. The first kappa shape index (κ1) is 43.2. The molecule has 0 saturated carbocycles. The molecule has 15 nitrogen and oxygen atoms in total. The Bertz CT molecular complexity index is 2550. The molecule has 0 amide bonds. The van der Waals surface area contributed by atoms with E-state index < -0.39 is 36.9 Å². The van der Waals surface area contributed by atoms with Gasteiger partial charge in [-0.2, -0.15) is 0 Å². The molecule has 0 spiro atoms. The monoisotopic (exact) mass is 918 g/mol. The van der Waals surface area contributed by atoms with Crippen molar-refractivity contribution in [1.29, 1.82) is 0 Å². The van der Waals surface area contributed by atoms with Crippen LogP contribution in [0.1, 0.15) is 55.4 Å². The number of nitrogen functional groups attached to an aromatic ring is 2. The summed E-state index contributed by atoms with van der Waals surface area (Å²) < 4.78 is 109. The molecular weight excluding hydrogens is 895 g/mol. The van der Waals surface area contributed by atoms with E-state index in [1.54, 1.807) is 36.4 Å². The van der Waals surface area contributed by atoms with Crippen LogP contribution in [0.15, 0.2) is 96.9 Å². The van der Waals surface area contributed by atoms with Gasteiger partial charge in [-0.25, -0.2) is 29.5 Å². The third-order valence-corrected chi connectivity index (χ3v) is 8.62. The van der Waals surface area contributed by atoms with Crippen LogP contribution in [0, 0.1) is 0 Å². The van der Waals surface area contributed by atoms with Crippen LogP contribution in [0.5, 0.6) is 11.5 Å². The van der Waals surface area contributed by atoms with Gasteiger partial charge in [0.2, 0.25) is 11.9 Å². The average molecular weight is 919 g/mol. The molecule has 24 heteroatoms. The van der Waals surface area contributed by atoms with E-state index in [0.717, 1.165) is 0 Å². The number of nitrogens with two attached hydrogens (primary N) is 2. The third-order valence-electron chi connectivity index (χ3n) is 8.19. The summed E-state index contributed by atoms with van der Waals surface area (Å²) in [7, 11) is 4.34. The van der Waals surface area contributed by atoms with Gasteiger partial charge >= 0.3 is 49.4 Å². The van der Waals surface area contributed by atoms with Gasteiger partial charge in [0.25, 0.3) is 0 Å². The molecule has 0 saturated heterocycles. The Morgan fingerprint density at radius 3 is 1.55 bits per heavy atom. The van der Waals surface area contributed by atoms with E-state index in [9.17, 15) is 35.9 Å². The number of aromatic nitrogens is 4. The van der Waals surface area contributed by atoms with Crippen LogP contribution in [0.25, 0.3) is 22.9 Å². The summed E-state index contributed by atoms with van der Waals surface area (Å²) >= 11 is 6.36. The van der Waals surface area contributed by atoms with Crippen molar-refractivity contribution in [3.8, 4) is 34.4 Å². The zero-order valence-electron chi connectivity index (χ0n) is 29.9. The predicted molar refractivity (Wildman–Crippen MR) is 203 cm³/mol. The van der Waals surface area contributed by atoms with Crippen LogP contribution in [0.3, 0.4) is 0 Å². The molecule has 4 aromatic heterocycles. The molecule has 309 valence electrons. The van der Waals surface area contributed by atoms with Gasteiger partial charge in [-0.3, -0.25) is 0 Å². The first-order valence-corrected chi connectivity index (χ1v) is 17.9. The summed E-state index contributed by atoms with van der Waals surface area (Å²) in [5.41, 5.74) is 12.7. The number of halogens is 7. The minimum atomic E-state index is -4.85. The van der Waals surface area contributed by atoms with E-state index in [2.05, 4.69) is 70.1 Å². The number of benzene rings is 2. The number of rotatable bonds is 8. The summed E-state index contributed by atoms with van der Waals surface area (Å²) in [6.07, 6.45) is -10.4. The van der Waals surface area contributed by atoms with E-state index >= 15 is 0 Å². The molecule has 0 aliphatic carbocycles. The van der Waals surface area contributed by atoms with Gasteiger partial charge in [-0.15, -0.1) is 26.3 Å². The van der Waals surface area contributed by atoms with Gasteiger partial charge in [0.05, 0.1) is 6.26 Å². The SMILES string of the molecule is Nc1nc(-c2ccc(Br)o2)c2c(n1)C(Cc1ccccc1OC(F)(F)F)OC2=O.Nc1nc(-c2ccco2)c2c(n1)C(Cc1ccccc1OC(F)(F)F)OC2=O.[B]=NS. The summed E-state index contributed by atoms with van der Waals surface area (Å²) in [5, 5.41) is 0. The van der Waals surface area contributed by atoms with Crippen molar-refractivity contribution in [3.05, 3.63) is 117 Å². The Hall–Kier alpha value is -6.43. The van der Waals surface area contributed by atoms with Crippen LogP contribution in [0.2, 0.25) is 0 Å². The number of para-hydroxylation sites is 2. The van der Waals surface area contributed by atoms with Crippen LogP contribution in [-0.4, -0.2) is 52.2 Å². The van der Waals surface area contributed by atoms with Gasteiger partial charge < -0.3 is 39.2 Å². The Balaban J connectivity index is 0.000000189. The topological polar surface area (TPSA) is 213 Å². The van der Waals surface area contributed by atoms with Gasteiger partial charge in [-0.05, 0) is 63.5 Å². The van der Waals surface area contributed by atoms with E-state index in [1.165, 1.54) is 42.7 Å². The van der Waals surface area contributed by atoms with Gasteiger partial charge in [-0.1, -0.05) is 36.4 Å². The fourth-order valence-corrected chi connectivity index (χ4v) is 6.34. The Kier molecular flexibility index (Phi) is 12.8. The van der Waals surface area contributed by atoms with Crippen molar-refractivity contribution < 1.29 is 63.7 Å². The number of anilines is 2.